The molecule has 1 heterocycles. The van der Waals surface area contributed by atoms with Crippen LogP contribution in [0.5, 0.6) is 11.5 Å². The van der Waals surface area contributed by atoms with Gasteiger partial charge in [-0.25, -0.2) is 0 Å². The Kier molecular flexibility index (Phi) is 6.12. The zero-order valence-corrected chi connectivity index (χ0v) is 15.3. The first-order valence-electron chi connectivity index (χ1n) is 8.89. The fourth-order valence-electron chi connectivity index (χ4n) is 3.07. The van der Waals surface area contributed by atoms with Gasteiger partial charge in [-0.1, -0.05) is 24.3 Å². The molecule has 138 valence electrons. The molecule has 5 heteroatoms. The van der Waals surface area contributed by atoms with Crippen molar-refractivity contribution in [2.45, 2.75) is 25.5 Å². The van der Waals surface area contributed by atoms with E-state index in [2.05, 4.69) is 0 Å². The van der Waals surface area contributed by atoms with E-state index >= 15 is 0 Å². The molecular weight excluding hydrogens is 330 g/mol. The molecule has 0 saturated carbocycles. The summed E-state index contributed by atoms with van der Waals surface area (Å²) in [5.74, 6) is 1.41. The van der Waals surface area contributed by atoms with E-state index in [0.29, 0.717) is 24.5 Å². The van der Waals surface area contributed by atoms with Crippen LogP contribution in [0.25, 0.3) is 0 Å². The van der Waals surface area contributed by atoms with Gasteiger partial charge in [-0.3, -0.25) is 4.79 Å². The molecule has 26 heavy (non-hydrogen) atoms. The summed E-state index contributed by atoms with van der Waals surface area (Å²) >= 11 is 0. The first-order valence-corrected chi connectivity index (χ1v) is 8.89. The third-order valence-electron chi connectivity index (χ3n) is 4.49. The lowest BCUT2D eigenvalue weighted by Gasteiger charge is -2.19. The number of benzene rings is 2. The monoisotopic (exact) mass is 355 g/mol. The minimum atomic E-state index is -0.0570. The average Bonchev–Trinajstić information content (AvgIpc) is 3.20. The maximum absolute atomic E-state index is 12.8. The highest BCUT2D eigenvalue weighted by atomic mass is 16.5. The molecule has 0 N–H and O–H groups in total. The van der Waals surface area contributed by atoms with E-state index in [1.807, 2.05) is 36.4 Å². The zero-order chi connectivity index (χ0) is 18.4. The van der Waals surface area contributed by atoms with E-state index in [1.54, 1.807) is 31.2 Å². The van der Waals surface area contributed by atoms with Crippen molar-refractivity contribution < 1.29 is 19.0 Å². The van der Waals surface area contributed by atoms with Crippen molar-refractivity contribution in [2.75, 3.05) is 27.4 Å². The van der Waals surface area contributed by atoms with Gasteiger partial charge in [-0.05, 0) is 37.1 Å². The van der Waals surface area contributed by atoms with Crippen LogP contribution in [0.4, 0.5) is 0 Å². The van der Waals surface area contributed by atoms with Crippen LogP contribution in [0, 0.1) is 0 Å². The summed E-state index contributed by atoms with van der Waals surface area (Å²) in [4.78, 5) is 14.4. The van der Waals surface area contributed by atoms with Crippen LogP contribution in [0.3, 0.4) is 0 Å². The van der Waals surface area contributed by atoms with Gasteiger partial charge in [0, 0.05) is 31.3 Å². The van der Waals surface area contributed by atoms with Gasteiger partial charge in [-0.2, -0.15) is 0 Å². The molecule has 0 aliphatic carbocycles. The molecule has 3 rings (SSSR count). The Morgan fingerprint density at radius 3 is 2.85 bits per heavy atom. The summed E-state index contributed by atoms with van der Waals surface area (Å²) in [6.45, 7) is 1.80. The number of para-hydroxylation sites is 1. The van der Waals surface area contributed by atoms with Crippen molar-refractivity contribution in [3.8, 4) is 11.5 Å². The predicted molar refractivity (Wildman–Crippen MR) is 99.7 cm³/mol. The molecule has 1 fully saturated rings. The first kappa shape index (κ1) is 18.3. The summed E-state index contributed by atoms with van der Waals surface area (Å²) in [5, 5.41) is 0. The Balaban J connectivity index is 1.63. The van der Waals surface area contributed by atoms with Crippen LogP contribution in [-0.2, 0) is 11.3 Å². The third-order valence-corrected chi connectivity index (χ3v) is 4.49. The first-order chi connectivity index (χ1) is 12.7. The van der Waals surface area contributed by atoms with Gasteiger partial charge in [0.1, 0.15) is 18.1 Å². The molecule has 1 atom stereocenters. The van der Waals surface area contributed by atoms with Crippen molar-refractivity contribution in [2.24, 2.45) is 0 Å². The minimum Gasteiger partial charge on any atom is -0.496 e. The van der Waals surface area contributed by atoms with E-state index in [4.69, 9.17) is 14.2 Å². The zero-order valence-electron chi connectivity index (χ0n) is 15.3. The molecule has 2 aromatic carbocycles. The third kappa shape index (κ3) is 4.55. The molecule has 5 nitrogen and oxygen atoms in total. The van der Waals surface area contributed by atoms with E-state index in [9.17, 15) is 4.79 Å². The second-order valence-electron chi connectivity index (χ2n) is 6.45. The molecule has 0 bridgehead atoms. The Labute approximate surface area is 154 Å². The predicted octanol–water partition coefficient (Wildman–Crippen LogP) is 3.53. The van der Waals surface area contributed by atoms with Gasteiger partial charge in [0.2, 0.25) is 0 Å². The molecule has 1 unspecified atom stereocenters. The van der Waals surface area contributed by atoms with Gasteiger partial charge in [-0.15, -0.1) is 0 Å². The molecule has 1 aliphatic rings. The smallest absolute Gasteiger partial charge is 0.254 e. The highest BCUT2D eigenvalue weighted by Gasteiger charge is 2.17. The second kappa shape index (κ2) is 8.72. The van der Waals surface area contributed by atoms with Crippen molar-refractivity contribution in [1.29, 1.82) is 0 Å². The van der Waals surface area contributed by atoms with E-state index in [1.165, 1.54) is 0 Å². The van der Waals surface area contributed by atoms with Gasteiger partial charge in [0.15, 0.2) is 0 Å². The number of rotatable bonds is 7. The average molecular weight is 355 g/mol. The Morgan fingerprint density at radius 2 is 2.08 bits per heavy atom. The normalized spacial score (nSPS) is 16.3. The van der Waals surface area contributed by atoms with Crippen molar-refractivity contribution in [3.63, 3.8) is 0 Å². The minimum absolute atomic E-state index is 0.0570. The number of carbonyl (C=O) groups excluding carboxylic acids is 1. The van der Waals surface area contributed by atoms with Gasteiger partial charge >= 0.3 is 0 Å². The molecule has 1 saturated heterocycles. The summed E-state index contributed by atoms with van der Waals surface area (Å²) in [6.07, 6.45) is 2.27. The number of nitrogens with zero attached hydrogens (tertiary/aromatic N) is 1. The van der Waals surface area contributed by atoms with Crippen LogP contribution in [0.2, 0.25) is 0 Å². The Bertz CT molecular complexity index is 740. The molecule has 0 spiro atoms. The number of ether oxygens (including phenoxy) is 3. The number of methoxy groups -OCH3 is 1. The SMILES string of the molecule is COc1ccccc1CN(C)C(=O)c1cccc(OCC2CCCO2)c1. The number of hydrogen-bond acceptors (Lipinski definition) is 4. The van der Waals surface area contributed by atoms with Crippen molar-refractivity contribution in [3.05, 3.63) is 59.7 Å². The lowest BCUT2D eigenvalue weighted by atomic mass is 10.1. The fourth-order valence-corrected chi connectivity index (χ4v) is 3.07. The number of carbonyl (C=O) groups is 1. The quantitative estimate of drug-likeness (QED) is 0.762. The summed E-state index contributed by atoms with van der Waals surface area (Å²) in [7, 11) is 3.42. The highest BCUT2D eigenvalue weighted by molar-refractivity contribution is 5.94. The molecule has 0 aromatic heterocycles. The van der Waals surface area contributed by atoms with E-state index in [0.717, 1.165) is 30.8 Å². The lowest BCUT2D eigenvalue weighted by molar-refractivity contribution is 0.0678. The topological polar surface area (TPSA) is 48.0 Å². The van der Waals surface area contributed by atoms with Crippen LogP contribution < -0.4 is 9.47 Å². The van der Waals surface area contributed by atoms with Crippen molar-refractivity contribution in [1.82, 2.24) is 4.90 Å². The van der Waals surface area contributed by atoms with E-state index in [-0.39, 0.29) is 12.0 Å². The summed E-state index contributed by atoms with van der Waals surface area (Å²) in [5.41, 5.74) is 1.57. The largest absolute Gasteiger partial charge is 0.496 e. The van der Waals surface area contributed by atoms with Crippen LogP contribution in [0.1, 0.15) is 28.8 Å². The fraction of sp³-hybridized carbons (Fsp3) is 0.381. The van der Waals surface area contributed by atoms with Crippen LogP contribution in [-0.4, -0.2) is 44.3 Å². The molecule has 0 radical (unpaired) electrons. The van der Waals surface area contributed by atoms with Gasteiger partial charge < -0.3 is 19.1 Å². The summed E-state index contributed by atoms with van der Waals surface area (Å²) < 4.78 is 16.7. The number of amides is 1. The molecule has 2 aromatic rings. The van der Waals surface area contributed by atoms with Crippen LogP contribution >= 0.6 is 0 Å². The van der Waals surface area contributed by atoms with Crippen LogP contribution in [0.15, 0.2) is 48.5 Å². The summed E-state index contributed by atoms with van der Waals surface area (Å²) in [6, 6.07) is 15.0. The Hall–Kier alpha value is -2.53. The number of hydrogen-bond donors (Lipinski definition) is 0. The molecular formula is C21H25NO4. The highest BCUT2D eigenvalue weighted by Crippen LogP contribution is 2.21. The Morgan fingerprint density at radius 1 is 1.23 bits per heavy atom. The van der Waals surface area contributed by atoms with E-state index < -0.39 is 0 Å². The molecule has 1 amide bonds. The van der Waals surface area contributed by atoms with Crippen molar-refractivity contribution >= 4 is 5.91 Å². The van der Waals surface area contributed by atoms with Gasteiger partial charge in [0.25, 0.3) is 5.91 Å². The maximum Gasteiger partial charge on any atom is 0.254 e. The second-order valence-corrected chi connectivity index (χ2v) is 6.45. The maximum atomic E-state index is 12.8. The lowest BCUT2D eigenvalue weighted by Crippen LogP contribution is -2.26. The molecule has 1 aliphatic heterocycles. The standard InChI is InChI=1S/C21H25NO4/c1-22(14-17-7-3-4-11-20(17)24-2)21(23)16-8-5-9-18(13-16)26-15-19-10-6-12-25-19/h3-5,7-9,11,13,19H,6,10,12,14-15H2,1-2H3. The van der Waals surface area contributed by atoms with Gasteiger partial charge in [0.05, 0.1) is 13.2 Å².